The molecule has 1 amide bonds. The van der Waals surface area contributed by atoms with Crippen molar-refractivity contribution in [2.24, 2.45) is 0 Å². The zero-order valence-electron chi connectivity index (χ0n) is 12.4. The number of anilines is 1. The van der Waals surface area contributed by atoms with E-state index in [-0.39, 0.29) is 5.91 Å². The minimum absolute atomic E-state index is 0.211. The summed E-state index contributed by atoms with van der Waals surface area (Å²) in [4.78, 5) is 24.7. The monoisotopic (exact) mass is 292 g/mol. The highest BCUT2D eigenvalue weighted by Gasteiger charge is 2.09. The van der Waals surface area contributed by atoms with Gasteiger partial charge in [-0.05, 0) is 29.7 Å². The van der Waals surface area contributed by atoms with Crippen molar-refractivity contribution in [1.82, 2.24) is 15.0 Å². The van der Waals surface area contributed by atoms with E-state index >= 15 is 0 Å². The molecule has 0 bridgehead atoms. The number of pyridine rings is 1. The minimum Gasteiger partial charge on any atom is -0.322 e. The van der Waals surface area contributed by atoms with Crippen LogP contribution < -0.4 is 5.32 Å². The number of nitrogens with zero attached hydrogens (tertiary/aromatic N) is 3. The van der Waals surface area contributed by atoms with Crippen LogP contribution in [0.5, 0.6) is 0 Å². The van der Waals surface area contributed by atoms with Gasteiger partial charge in [-0.15, -0.1) is 0 Å². The molecule has 3 rings (SSSR count). The molecule has 2 heterocycles. The summed E-state index contributed by atoms with van der Waals surface area (Å²) in [5.41, 5.74) is 3.58. The molecule has 0 unspecified atom stereocenters. The van der Waals surface area contributed by atoms with Gasteiger partial charge in [-0.1, -0.05) is 26.0 Å². The number of benzene rings is 1. The lowest BCUT2D eigenvalue weighted by Gasteiger charge is -2.08. The molecular formula is C17H16N4O. The molecule has 1 aromatic carbocycles. The van der Waals surface area contributed by atoms with Crippen molar-refractivity contribution < 1.29 is 4.79 Å². The lowest BCUT2D eigenvalue weighted by Crippen LogP contribution is -2.12. The lowest BCUT2D eigenvalue weighted by molar-refractivity contribution is 0.102. The first-order chi connectivity index (χ1) is 10.6. The topological polar surface area (TPSA) is 67.8 Å². The summed E-state index contributed by atoms with van der Waals surface area (Å²) in [5, 5.41) is 2.86. The number of carbonyl (C=O) groups is 1. The van der Waals surface area contributed by atoms with E-state index in [9.17, 15) is 4.79 Å². The summed E-state index contributed by atoms with van der Waals surface area (Å²) in [6.07, 6.45) is 4.66. The van der Waals surface area contributed by atoms with Crippen LogP contribution in [0.4, 0.5) is 5.69 Å². The Bertz CT molecular complexity index is 812. The fraction of sp³-hybridized carbons (Fsp3) is 0.176. The molecule has 110 valence electrons. The molecular weight excluding hydrogens is 276 g/mol. The van der Waals surface area contributed by atoms with Crippen LogP contribution in [-0.4, -0.2) is 20.9 Å². The minimum atomic E-state index is -0.211. The summed E-state index contributed by atoms with van der Waals surface area (Å²) in [5.74, 6) is 0.255. The summed E-state index contributed by atoms with van der Waals surface area (Å²) in [6, 6.07) is 9.53. The molecule has 22 heavy (non-hydrogen) atoms. The zero-order chi connectivity index (χ0) is 15.5. The van der Waals surface area contributed by atoms with E-state index in [2.05, 4.69) is 34.1 Å². The van der Waals surface area contributed by atoms with Crippen LogP contribution in [0.1, 0.15) is 35.7 Å². The average Bonchev–Trinajstić information content (AvgIpc) is 2.55. The number of rotatable bonds is 3. The Morgan fingerprint density at radius 1 is 1.05 bits per heavy atom. The number of hydrogen-bond acceptors (Lipinski definition) is 4. The van der Waals surface area contributed by atoms with Gasteiger partial charge in [0.25, 0.3) is 5.91 Å². The van der Waals surface area contributed by atoms with Crippen molar-refractivity contribution in [2.45, 2.75) is 19.8 Å². The zero-order valence-corrected chi connectivity index (χ0v) is 12.4. The Morgan fingerprint density at radius 2 is 1.77 bits per heavy atom. The molecule has 0 atom stereocenters. The molecule has 0 saturated heterocycles. The van der Waals surface area contributed by atoms with Gasteiger partial charge in [0, 0.05) is 24.3 Å². The van der Waals surface area contributed by atoms with Crippen LogP contribution in [0.15, 0.2) is 48.9 Å². The highest BCUT2D eigenvalue weighted by Crippen LogP contribution is 2.18. The molecule has 0 aliphatic heterocycles. The molecule has 3 aromatic rings. The van der Waals surface area contributed by atoms with E-state index in [1.54, 1.807) is 18.5 Å². The Kier molecular flexibility index (Phi) is 3.78. The van der Waals surface area contributed by atoms with E-state index in [1.807, 2.05) is 24.3 Å². The van der Waals surface area contributed by atoms with Crippen LogP contribution in [0, 0.1) is 0 Å². The third-order valence-electron chi connectivity index (χ3n) is 3.42. The predicted molar refractivity (Wildman–Crippen MR) is 85.8 cm³/mol. The van der Waals surface area contributed by atoms with Crippen LogP contribution in [0.3, 0.4) is 0 Å². The Labute approximate surface area is 128 Å². The number of fused-ring (bicyclic) bond motifs is 1. The first-order valence-corrected chi connectivity index (χ1v) is 7.11. The smallest absolute Gasteiger partial charge is 0.257 e. The quantitative estimate of drug-likeness (QED) is 0.803. The molecule has 5 heteroatoms. The van der Waals surface area contributed by atoms with E-state index in [1.165, 1.54) is 11.8 Å². The first-order valence-electron chi connectivity index (χ1n) is 7.11. The summed E-state index contributed by atoms with van der Waals surface area (Å²) in [7, 11) is 0. The number of carbonyl (C=O) groups excluding carboxylic acids is 1. The molecule has 0 aliphatic rings. The van der Waals surface area contributed by atoms with Crippen LogP contribution in [0.2, 0.25) is 0 Å². The molecule has 1 N–H and O–H groups in total. The maximum atomic E-state index is 12.3. The standard InChI is InChI=1S/C17H16N4O/c1-11(2)12-3-5-14(6-4-12)21-17(22)13-9-15-16(20-10-13)19-8-7-18-15/h3-11H,1-2H3,(H,21,22). The van der Waals surface area contributed by atoms with Crippen LogP contribution in [0.25, 0.3) is 11.2 Å². The van der Waals surface area contributed by atoms with Crippen LogP contribution in [-0.2, 0) is 0 Å². The van der Waals surface area contributed by atoms with E-state index in [4.69, 9.17) is 0 Å². The van der Waals surface area contributed by atoms with E-state index < -0.39 is 0 Å². The normalized spacial score (nSPS) is 10.9. The number of nitrogens with one attached hydrogen (secondary N) is 1. The maximum absolute atomic E-state index is 12.3. The first kappa shape index (κ1) is 14.1. The van der Waals surface area contributed by atoms with Gasteiger partial charge < -0.3 is 5.32 Å². The number of hydrogen-bond donors (Lipinski definition) is 1. The van der Waals surface area contributed by atoms with Crippen LogP contribution >= 0.6 is 0 Å². The Morgan fingerprint density at radius 3 is 2.50 bits per heavy atom. The molecule has 0 fully saturated rings. The summed E-state index contributed by atoms with van der Waals surface area (Å²) in [6.45, 7) is 4.27. The largest absolute Gasteiger partial charge is 0.322 e. The Balaban J connectivity index is 1.80. The van der Waals surface area contributed by atoms with Gasteiger partial charge in [-0.2, -0.15) is 0 Å². The fourth-order valence-corrected chi connectivity index (χ4v) is 2.14. The third kappa shape index (κ3) is 2.93. The molecule has 2 aromatic heterocycles. The van der Waals surface area contributed by atoms with Gasteiger partial charge in [0.15, 0.2) is 5.65 Å². The highest BCUT2D eigenvalue weighted by molar-refractivity contribution is 6.05. The van der Waals surface area contributed by atoms with Crippen molar-refractivity contribution in [2.75, 3.05) is 5.32 Å². The van der Waals surface area contributed by atoms with Gasteiger partial charge in [0.1, 0.15) is 5.52 Å². The van der Waals surface area contributed by atoms with Gasteiger partial charge in [-0.3, -0.25) is 9.78 Å². The molecule has 0 saturated carbocycles. The van der Waals surface area contributed by atoms with E-state index in [0.717, 1.165) is 5.69 Å². The molecule has 5 nitrogen and oxygen atoms in total. The summed E-state index contributed by atoms with van der Waals surface area (Å²) < 4.78 is 0. The second kappa shape index (κ2) is 5.89. The highest BCUT2D eigenvalue weighted by atomic mass is 16.1. The molecule has 0 radical (unpaired) electrons. The predicted octanol–water partition coefficient (Wildman–Crippen LogP) is 3.40. The van der Waals surface area contributed by atoms with Crippen molar-refractivity contribution in [3.8, 4) is 0 Å². The molecule has 0 spiro atoms. The molecule has 0 aliphatic carbocycles. The van der Waals surface area contributed by atoms with Crippen molar-refractivity contribution in [3.63, 3.8) is 0 Å². The second-order valence-electron chi connectivity index (χ2n) is 5.35. The second-order valence-corrected chi connectivity index (χ2v) is 5.35. The fourth-order valence-electron chi connectivity index (χ4n) is 2.14. The average molecular weight is 292 g/mol. The Hall–Kier alpha value is -2.82. The van der Waals surface area contributed by atoms with E-state index in [0.29, 0.717) is 22.6 Å². The van der Waals surface area contributed by atoms with Gasteiger partial charge in [-0.25, -0.2) is 9.97 Å². The lowest BCUT2D eigenvalue weighted by atomic mass is 10.0. The van der Waals surface area contributed by atoms with Gasteiger partial charge >= 0.3 is 0 Å². The number of aromatic nitrogens is 3. The number of amides is 1. The maximum Gasteiger partial charge on any atom is 0.257 e. The SMILES string of the molecule is CC(C)c1ccc(NC(=O)c2cnc3nccnc3c2)cc1. The van der Waals surface area contributed by atoms with Crippen molar-refractivity contribution in [1.29, 1.82) is 0 Å². The van der Waals surface area contributed by atoms with Gasteiger partial charge in [0.05, 0.1) is 5.56 Å². The summed E-state index contributed by atoms with van der Waals surface area (Å²) >= 11 is 0. The van der Waals surface area contributed by atoms with Crippen molar-refractivity contribution >= 4 is 22.8 Å². The van der Waals surface area contributed by atoms with Gasteiger partial charge in [0.2, 0.25) is 0 Å². The van der Waals surface area contributed by atoms with Crippen molar-refractivity contribution in [3.05, 3.63) is 60.0 Å². The third-order valence-corrected chi connectivity index (χ3v) is 3.42.